The van der Waals surface area contributed by atoms with Crippen molar-refractivity contribution in [2.24, 2.45) is 0 Å². The van der Waals surface area contributed by atoms with Gasteiger partial charge in [-0.1, -0.05) is 48.5 Å². The van der Waals surface area contributed by atoms with Crippen LogP contribution in [-0.4, -0.2) is 13.4 Å². The van der Waals surface area contributed by atoms with Gasteiger partial charge >= 0.3 is 0 Å². The summed E-state index contributed by atoms with van der Waals surface area (Å²) in [5, 5.41) is 0. The van der Waals surface area contributed by atoms with Gasteiger partial charge in [0.05, 0.1) is 7.74 Å². The molecule has 0 fully saturated rings. The fourth-order valence-corrected chi connectivity index (χ4v) is 12.5. The van der Waals surface area contributed by atoms with Gasteiger partial charge in [-0.2, -0.15) is 0 Å². The summed E-state index contributed by atoms with van der Waals surface area (Å²) in [5.74, 6) is 0. The first-order chi connectivity index (χ1) is 8.34. The van der Waals surface area contributed by atoms with Gasteiger partial charge in [0, 0.05) is 11.2 Å². The van der Waals surface area contributed by atoms with Crippen LogP contribution in [0, 0.1) is 0 Å². The predicted molar refractivity (Wildman–Crippen MR) is 88.4 cm³/mol. The zero-order valence-electron chi connectivity index (χ0n) is 12.5. The van der Waals surface area contributed by atoms with Gasteiger partial charge in [-0.25, -0.2) is 0 Å². The summed E-state index contributed by atoms with van der Waals surface area (Å²) in [5.41, 5.74) is 7.91. The van der Waals surface area contributed by atoms with Gasteiger partial charge in [-0.15, -0.1) is 8.13 Å². The van der Waals surface area contributed by atoms with E-state index in [0.29, 0.717) is 5.66 Å². The van der Waals surface area contributed by atoms with Crippen LogP contribution in [0.1, 0.15) is 27.7 Å². The van der Waals surface area contributed by atoms with E-state index >= 15 is 0 Å². The van der Waals surface area contributed by atoms with E-state index in [0.717, 1.165) is 13.7 Å². The van der Waals surface area contributed by atoms with Crippen LogP contribution in [0.3, 0.4) is 0 Å². The molecule has 0 radical (unpaired) electrons. The normalized spacial score (nSPS) is 22.6. The fraction of sp³-hybridized carbons (Fsp3) is 0.500. The first-order valence-corrected chi connectivity index (χ1v) is 12.0. The molecule has 0 aromatic heterocycles. The summed E-state index contributed by atoms with van der Waals surface area (Å²) in [6, 6.07) is 0. The molecule has 0 spiro atoms. The Balaban J connectivity index is 2.25. The van der Waals surface area contributed by atoms with Crippen LogP contribution in [0.2, 0.25) is 18.6 Å². The summed E-state index contributed by atoms with van der Waals surface area (Å²) in [7, 11) is -0.141. The SMILES string of the molecule is CC1=C(C)C([Si](C)(C)PC2C=CC=C2)C(C)=C1C. The molecular weight excluding hydrogens is 251 g/mol. The molecule has 0 heterocycles. The Morgan fingerprint density at radius 1 is 0.889 bits per heavy atom. The minimum absolute atomic E-state index is 0.716. The molecule has 0 amide bonds. The van der Waals surface area contributed by atoms with E-state index in [1.54, 1.807) is 22.3 Å². The molecule has 18 heavy (non-hydrogen) atoms. The third-order valence-electron chi connectivity index (χ3n) is 4.62. The van der Waals surface area contributed by atoms with Crippen molar-refractivity contribution in [1.82, 2.24) is 0 Å². The number of hydrogen-bond donors (Lipinski definition) is 0. The molecule has 0 aliphatic heterocycles. The van der Waals surface area contributed by atoms with E-state index in [1.807, 2.05) is 0 Å². The molecule has 2 heteroatoms. The Morgan fingerprint density at radius 2 is 1.33 bits per heavy atom. The van der Waals surface area contributed by atoms with Crippen molar-refractivity contribution in [1.29, 1.82) is 0 Å². The first kappa shape index (κ1) is 14.0. The summed E-state index contributed by atoms with van der Waals surface area (Å²) >= 11 is 0. The molecule has 2 aliphatic carbocycles. The van der Waals surface area contributed by atoms with Crippen LogP contribution in [0.15, 0.2) is 46.6 Å². The lowest BCUT2D eigenvalue weighted by atomic mass is 10.1. The molecule has 0 bridgehead atoms. The number of hydrogen-bond acceptors (Lipinski definition) is 0. The zero-order chi connectivity index (χ0) is 13.5. The van der Waals surface area contributed by atoms with Gasteiger partial charge in [-0.05, 0) is 38.8 Å². The van der Waals surface area contributed by atoms with Gasteiger partial charge in [0.1, 0.15) is 0 Å². The topological polar surface area (TPSA) is 0 Å². The largest absolute Gasteiger partial charge is 0.121 e. The molecular formula is C16H25PSi. The number of allylic oxidation sites excluding steroid dienone is 8. The van der Waals surface area contributed by atoms with Crippen LogP contribution in [0.25, 0.3) is 0 Å². The highest BCUT2D eigenvalue weighted by atomic mass is 31.3. The average molecular weight is 276 g/mol. The maximum atomic E-state index is 2.58. The third-order valence-corrected chi connectivity index (χ3v) is 12.5. The standard InChI is InChI=1S/C16H25PSi/c1-11-12(2)14(4)16(13(11)3)18(5,6)17-15-9-7-8-10-15/h7-10,15-17H,1-6H3. The van der Waals surface area contributed by atoms with Crippen molar-refractivity contribution < 1.29 is 0 Å². The second kappa shape index (κ2) is 4.94. The van der Waals surface area contributed by atoms with E-state index < -0.39 is 7.74 Å². The zero-order valence-corrected chi connectivity index (χ0v) is 14.5. The molecule has 0 saturated heterocycles. The summed E-state index contributed by atoms with van der Waals surface area (Å²) < 4.78 is 0. The molecule has 2 rings (SSSR count). The Labute approximate surface area is 115 Å². The molecule has 0 nitrogen and oxygen atoms in total. The van der Waals surface area contributed by atoms with E-state index in [9.17, 15) is 0 Å². The lowest BCUT2D eigenvalue weighted by Crippen LogP contribution is -2.29. The fourth-order valence-electron chi connectivity index (χ4n) is 3.47. The molecule has 0 N–H and O–H groups in total. The van der Waals surface area contributed by atoms with E-state index in [4.69, 9.17) is 0 Å². The van der Waals surface area contributed by atoms with Crippen molar-refractivity contribution in [3.05, 3.63) is 46.6 Å². The molecule has 1 unspecified atom stereocenters. The highest BCUT2D eigenvalue weighted by Crippen LogP contribution is 2.53. The van der Waals surface area contributed by atoms with Gasteiger partial charge in [0.25, 0.3) is 0 Å². The van der Waals surface area contributed by atoms with Crippen LogP contribution in [0.4, 0.5) is 0 Å². The van der Waals surface area contributed by atoms with E-state index in [1.165, 1.54) is 0 Å². The minimum Gasteiger partial charge on any atom is -0.121 e. The monoisotopic (exact) mass is 276 g/mol. The second-order valence-electron chi connectivity index (χ2n) is 6.21. The van der Waals surface area contributed by atoms with Gasteiger partial charge < -0.3 is 0 Å². The highest BCUT2D eigenvalue weighted by molar-refractivity contribution is 7.82. The number of rotatable bonds is 3. The first-order valence-electron chi connectivity index (χ1n) is 6.82. The molecule has 0 aromatic rings. The van der Waals surface area contributed by atoms with Gasteiger partial charge in [0.15, 0.2) is 0 Å². The summed E-state index contributed by atoms with van der Waals surface area (Å²) in [4.78, 5) is 0. The van der Waals surface area contributed by atoms with Crippen LogP contribution in [-0.2, 0) is 0 Å². The second-order valence-corrected chi connectivity index (χ2v) is 15.9. The lowest BCUT2D eigenvalue weighted by molar-refractivity contribution is 1.08. The van der Waals surface area contributed by atoms with E-state index in [2.05, 4.69) is 65.1 Å². The predicted octanol–water partition coefficient (Wildman–Crippen LogP) is 5.42. The van der Waals surface area contributed by atoms with Crippen molar-refractivity contribution in [2.75, 3.05) is 0 Å². The van der Waals surface area contributed by atoms with Gasteiger partial charge in [-0.3, -0.25) is 0 Å². The molecule has 0 aromatic carbocycles. The Kier molecular flexibility index (Phi) is 3.85. The average Bonchev–Trinajstić information content (AvgIpc) is 2.83. The van der Waals surface area contributed by atoms with Crippen molar-refractivity contribution in [3.63, 3.8) is 0 Å². The van der Waals surface area contributed by atoms with E-state index in [-0.39, 0.29) is 0 Å². The highest BCUT2D eigenvalue weighted by Gasteiger charge is 2.39. The Morgan fingerprint density at radius 3 is 1.78 bits per heavy atom. The molecule has 2 aliphatic rings. The molecule has 0 saturated carbocycles. The quantitative estimate of drug-likeness (QED) is 0.477. The Hall–Kier alpha value is -0.393. The molecule has 1 atom stereocenters. The van der Waals surface area contributed by atoms with Crippen LogP contribution >= 0.6 is 8.13 Å². The summed E-state index contributed by atoms with van der Waals surface area (Å²) in [6.07, 6.45) is 9.16. The summed E-state index contributed by atoms with van der Waals surface area (Å²) in [6.45, 7) is 14.5. The maximum Gasteiger partial charge on any atom is 0.0840 e. The van der Waals surface area contributed by atoms with Crippen molar-refractivity contribution in [3.8, 4) is 0 Å². The smallest absolute Gasteiger partial charge is 0.0840 e. The third kappa shape index (κ3) is 2.35. The molecule has 98 valence electrons. The minimum atomic E-state index is -1.24. The maximum absolute atomic E-state index is 2.58. The van der Waals surface area contributed by atoms with Crippen LogP contribution < -0.4 is 0 Å². The van der Waals surface area contributed by atoms with Gasteiger partial charge in [0.2, 0.25) is 0 Å². The van der Waals surface area contributed by atoms with Crippen molar-refractivity contribution in [2.45, 2.75) is 52.0 Å². The van der Waals surface area contributed by atoms with Crippen LogP contribution in [0.5, 0.6) is 0 Å². The Bertz CT molecular complexity index is 441. The lowest BCUT2D eigenvalue weighted by Gasteiger charge is -2.34. The van der Waals surface area contributed by atoms with Crippen molar-refractivity contribution >= 4 is 15.9 Å².